The summed E-state index contributed by atoms with van der Waals surface area (Å²) in [6.45, 7) is 3.23. The second-order valence-corrected chi connectivity index (χ2v) is 6.23. The van der Waals surface area contributed by atoms with Crippen LogP contribution in [0.2, 0.25) is 0 Å². The van der Waals surface area contributed by atoms with Gasteiger partial charge >= 0.3 is 0 Å². The number of hydrogen-bond acceptors (Lipinski definition) is 2. The van der Waals surface area contributed by atoms with Crippen LogP contribution < -0.4 is 5.32 Å². The normalized spacial score (nSPS) is 17.2. The topological polar surface area (TPSA) is 51.9 Å². The highest BCUT2D eigenvalue weighted by Gasteiger charge is 2.20. The Hall–Kier alpha value is -2.56. The van der Waals surface area contributed by atoms with E-state index < -0.39 is 0 Å². The summed E-state index contributed by atoms with van der Waals surface area (Å²) >= 11 is 0. The maximum atomic E-state index is 12.5. The van der Waals surface area contributed by atoms with Crippen LogP contribution in [0.15, 0.2) is 42.7 Å². The number of hydrogen-bond donors (Lipinski definition) is 1. The third kappa shape index (κ3) is 2.63. The number of benzene rings is 1. The Morgan fingerprint density at radius 2 is 2.26 bits per heavy atom. The molecule has 0 aliphatic carbocycles. The van der Waals surface area contributed by atoms with Gasteiger partial charge in [0.05, 0.1) is 0 Å². The fraction of sp³-hybridized carbons (Fsp3) is 0.333. The number of imidazole rings is 1. The molecule has 2 aromatic heterocycles. The number of aryl methyl sites for hydroxylation is 2. The Morgan fingerprint density at radius 3 is 3.17 bits per heavy atom. The number of nitrogens with zero attached hydrogens (tertiary/aromatic N) is 3. The summed E-state index contributed by atoms with van der Waals surface area (Å²) in [5.41, 5.74) is 2.22. The molecule has 118 valence electrons. The van der Waals surface area contributed by atoms with Crippen molar-refractivity contribution in [1.82, 2.24) is 19.4 Å². The Kier molecular flexibility index (Phi) is 3.41. The first kappa shape index (κ1) is 14.1. The first-order valence-electron chi connectivity index (χ1n) is 8.05. The molecule has 0 fully saturated rings. The minimum Gasteiger partial charge on any atom is -0.350 e. The van der Waals surface area contributed by atoms with Crippen molar-refractivity contribution in [2.24, 2.45) is 0 Å². The number of rotatable bonds is 3. The van der Waals surface area contributed by atoms with Crippen LogP contribution in [-0.2, 0) is 24.3 Å². The highest BCUT2D eigenvalue weighted by molar-refractivity contribution is 5.84. The highest BCUT2D eigenvalue weighted by Crippen LogP contribution is 2.19. The van der Waals surface area contributed by atoms with E-state index in [4.69, 9.17) is 0 Å². The van der Waals surface area contributed by atoms with Gasteiger partial charge in [-0.05, 0) is 30.9 Å². The van der Waals surface area contributed by atoms with Crippen LogP contribution in [0.3, 0.4) is 0 Å². The van der Waals surface area contributed by atoms with Gasteiger partial charge in [0.2, 0.25) is 5.91 Å². The molecule has 3 aromatic rings. The monoisotopic (exact) mass is 308 g/mol. The molecule has 5 nitrogen and oxygen atoms in total. The van der Waals surface area contributed by atoms with Crippen molar-refractivity contribution in [3.05, 3.63) is 54.2 Å². The zero-order valence-electron chi connectivity index (χ0n) is 13.2. The van der Waals surface area contributed by atoms with Crippen LogP contribution in [0, 0.1) is 6.92 Å². The molecule has 1 unspecified atom stereocenters. The minimum absolute atomic E-state index is 0.0722. The number of nitrogens with one attached hydrogen (secondary N) is 1. The summed E-state index contributed by atoms with van der Waals surface area (Å²) in [4.78, 5) is 16.8. The quantitative estimate of drug-likeness (QED) is 0.807. The van der Waals surface area contributed by atoms with E-state index >= 15 is 0 Å². The van der Waals surface area contributed by atoms with Gasteiger partial charge in [-0.1, -0.05) is 18.2 Å². The van der Waals surface area contributed by atoms with Gasteiger partial charge in [0.1, 0.15) is 12.4 Å². The third-order valence-corrected chi connectivity index (χ3v) is 4.62. The zero-order chi connectivity index (χ0) is 15.8. The van der Waals surface area contributed by atoms with Crippen LogP contribution in [0.5, 0.6) is 0 Å². The molecule has 0 saturated carbocycles. The third-order valence-electron chi connectivity index (χ3n) is 4.62. The Bertz CT molecular complexity index is 861. The lowest BCUT2D eigenvalue weighted by molar-refractivity contribution is -0.122. The number of aromatic nitrogens is 3. The molecule has 1 aliphatic rings. The molecule has 0 spiro atoms. The molecule has 1 N–H and O–H groups in total. The van der Waals surface area contributed by atoms with Gasteiger partial charge in [-0.3, -0.25) is 4.79 Å². The Morgan fingerprint density at radius 1 is 1.39 bits per heavy atom. The van der Waals surface area contributed by atoms with Crippen molar-refractivity contribution in [1.29, 1.82) is 0 Å². The second-order valence-electron chi connectivity index (χ2n) is 6.23. The number of fused-ring (bicyclic) bond motifs is 2. The summed E-state index contributed by atoms with van der Waals surface area (Å²) in [5, 5.41) is 4.35. The van der Waals surface area contributed by atoms with E-state index in [1.165, 1.54) is 5.39 Å². The molecule has 0 bridgehead atoms. The summed E-state index contributed by atoms with van der Waals surface area (Å²) < 4.78 is 4.21. The van der Waals surface area contributed by atoms with E-state index in [-0.39, 0.29) is 11.9 Å². The molecule has 0 radical (unpaired) electrons. The van der Waals surface area contributed by atoms with Gasteiger partial charge in [0.25, 0.3) is 0 Å². The van der Waals surface area contributed by atoms with E-state index in [9.17, 15) is 4.79 Å². The van der Waals surface area contributed by atoms with Crippen molar-refractivity contribution in [3.8, 4) is 0 Å². The molecule has 5 heteroatoms. The predicted molar refractivity (Wildman–Crippen MR) is 89.2 cm³/mol. The molecule has 1 atom stereocenters. The largest absolute Gasteiger partial charge is 0.350 e. The zero-order valence-corrected chi connectivity index (χ0v) is 13.2. The van der Waals surface area contributed by atoms with Crippen LogP contribution in [0.25, 0.3) is 10.9 Å². The summed E-state index contributed by atoms with van der Waals surface area (Å²) in [6, 6.07) is 10.5. The number of amides is 1. The van der Waals surface area contributed by atoms with Crippen LogP contribution in [0.1, 0.15) is 17.9 Å². The smallest absolute Gasteiger partial charge is 0.240 e. The average molecular weight is 308 g/mol. The molecule has 1 amide bonds. The molecule has 0 saturated heterocycles. The molecule has 4 rings (SSSR count). The van der Waals surface area contributed by atoms with Crippen molar-refractivity contribution in [3.63, 3.8) is 0 Å². The SMILES string of the molecule is Cc1cc2ccccc2n1CC(=O)NC1CCc2nccn2C1. The number of carbonyl (C=O) groups is 1. The van der Waals surface area contributed by atoms with Gasteiger partial charge in [0, 0.05) is 42.6 Å². The summed E-state index contributed by atoms with van der Waals surface area (Å²) in [5.74, 6) is 1.19. The van der Waals surface area contributed by atoms with Gasteiger partial charge in [-0.2, -0.15) is 0 Å². The van der Waals surface area contributed by atoms with Gasteiger partial charge in [-0.25, -0.2) is 4.98 Å². The second kappa shape index (κ2) is 5.57. The van der Waals surface area contributed by atoms with E-state index in [0.717, 1.165) is 36.4 Å². The van der Waals surface area contributed by atoms with Gasteiger partial charge < -0.3 is 14.5 Å². The lowest BCUT2D eigenvalue weighted by Crippen LogP contribution is -2.42. The van der Waals surface area contributed by atoms with Crippen molar-refractivity contribution in [2.45, 2.75) is 38.9 Å². The Balaban J connectivity index is 1.47. The first-order chi connectivity index (χ1) is 11.2. The molecular formula is C18H20N4O. The molecular weight excluding hydrogens is 288 g/mol. The first-order valence-corrected chi connectivity index (χ1v) is 8.05. The average Bonchev–Trinajstić information content (AvgIpc) is 3.12. The summed E-state index contributed by atoms with van der Waals surface area (Å²) in [7, 11) is 0. The van der Waals surface area contributed by atoms with E-state index in [1.54, 1.807) is 0 Å². The maximum Gasteiger partial charge on any atom is 0.240 e. The predicted octanol–water partition coefficient (Wildman–Crippen LogP) is 2.28. The number of carbonyl (C=O) groups excluding carboxylic acids is 1. The van der Waals surface area contributed by atoms with E-state index in [0.29, 0.717) is 6.54 Å². The van der Waals surface area contributed by atoms with Crippen LogP contribution in [0.4, 0.5) is 0 Å². The minimum atomic E-state index is 0.0722. The van der Waals surface area contributed by atoms with Crippen LogP contribution >= 0.6 is 0 Å². The maximum absolute atomic E-state index is 12.5. The lowest BCUT2D eigenvalue weighted by atomic mass is 10.1. The highest BCUT2D eigenvalue weighted by atomic mass is 16.2. The molecule has 1 aromatic carbocycles. The van der Waals surface area contributed by atoms with Crippen molar-refractivity contribution >= 4 is 16.8 Å². The van der Waals surface area contributed by atoms with Crippen molar-refractivity contribution < 1.29 is 4.79 Å². The fourth-order valence-corrected chi connectivity index (χ4v) is 3.46. The fourth-order valence-electron chi connectivity index (χ4n) is 3.46. The van der Waals surface area contributed by atoms with E-state index in [1.807, 2.05) is 31.5 Å². The molecule has 23 heavy (non-hydrogen) atoms. The number of para-hydroxylation sites is 1. The van der Waals surface area contributed by atoms with Crippen LogP contribution in [-0.4, -0.2) is 26.1 Å². The van der Waals surface area contributed by atoms with Gasteiger partial charge in [-0.15, -0.1) is 0 Å². The van der Waals surface area contributed by atoms with Gasteiger partial charge in [0.15, 0.2) is 0 Å². The molecule has 1 aliphatic heterocycles. The summed E-state index contributed by atoms with van der Waals surface area (Å²) in [6.07, 6.45) is 5.68. The van der Waals surface area contributed by atoms with Crippen molar-refractivity contribution in [2.75, 3.05) is 0 Å². The lowest BCUT2D eigenvalue weighted by Gasteiger charge is -2.25. The van der Waals surface area contributed by atoms with E-state index in [2.05, 4.69) is 37.6 Å². The Labute approximate surface area is 134 Å². The standard InChI is InChI=1S/C18H20N4O/c1-13-10-14-4-2-3-5-16(14)22(13)12-18(23)20-15-6-7-17-19-8-9-21(17)11-15/h2-5,8-10,15H,6-7,11-12H2,1H3,(H,20,23). The molecule has 3 heterocycles.